The first kappa shape index (κ1) is 14.9. The van der Waals surface area contributed by atoms with E-state index in [0.29, 0.717) is 18.1 Å². The number of aliphatic carboxylic acids is 1. The summed E-state index contributed by atoms with van der Waals surface area (Å²) in [6, 6.07) is 7.91. The molecule has 108 valence electrons. The summed E-state index contributed by atoms with van der Waals surface area (Å²) in [4.78, 5) is 22.5. The minimum atomic E-state index is -1.56. The van der Waals surface area contributed by atoms with Crippen LogP contribution in [0.3, 0.4) is 0 Å². The van der Waals surface area contributed by atoms with E-state index in [9.17, 15) is 14.0 Å². The molecule has 0 saturated carbocycles. The second kappa shape index (κ2) is 6.32. The number of halogens is 1. The third kappa shape index (κ3) is 3.76. The van der Waals surface area contributed by atoms with Gasteiger partial charge in [-0.1, -0.05) is 18.2 Å². The van der Waals surface area contributed by atoms with Crippen LogP contribution in [0.5, 0.6) is 0 Å². The van der Waals surface area contributed by atoms with Crippen LogP contribution in [0.15, 0.2) is 47.5 Å². The molecule has 1 aromatic heterocycles. The second-order valence-electron chi connectivity index (χ2n) is 4.29. The lowest BCUT2D eigenvalue weighted by atomic mass is 10.1. The van der Waals surface area contributed by atoms with Gasteiger partial charge in [-0.3, -0.25) is 4.79 Å². The topological polar surface area (TPSA) is 74.6 Å². The smallest absolute Gasteiger partial charge is 0.371 e. The molecule has 2 N–H and O–H groups in total. The van der Waals surface area contributed by atoms with Crippen LogP contribution in [0, 0.1) is 5.82 Å². The number of rotatable bonds is 5. The van der Waals surface area contributed by atoms with Crippen LogP contribution in [0.1, 0.15) is 20.8 Å². The Kier molecular flexibility index (Phi) is 4.49. The van der Waals surface area contributed by atoms with Crippen molar-refractivity contribution in [1.82, 2.24) is 0 Å². The van der Waals surface area contributed by atoms with Crippen molar-refractivity contribution in [2.45, 2.75) is 6.42 Å². The fourth-order valence-electron chi connectivity index (χ4n) is 1.72. The molecule has 0 aliphatic rings. The number of carboxylic acids is 1. The molecule has 4 nitrogen and oxygen atoms in total. The lowest BCUT2D eigenvalue weighted by Crippen LogP contribution is -2.02. The normalized spacial score (nSPS) is 11.4. The molecule has 0 saturated heterocycles. The van der Waals surface area contributed by atoms with E-state index in [1.807, 2.05) is 0 Å². The van der Waals surface area contributed by atoms with Gasteiger partial charge in [0.05, 0.1) is 4.88 Å². The average molecular weight is 306 g/mol. The zero-order valence-corrected chi connectivity index (χ0v) is 11.6. The third-order valence-electron chi connectivity index (χ3n) is 2.74. The molecule has 21 heavy (non-hydrogen) atoms. The minimum absolute atomic E-state index is 0.286. The number of carbonyl (C=O) groups excluding carboxylic acids is 1. The molecule has 0 unspecified atom stereocenters. The van der Waals surface area contributed by atoms with Crippen molar-refractivity contribution in [2.24, 2.45) is 0 Å². The molecule has 2 aromatic rings. The Labute approximate surface area is 123 Å². The van der Waals surface area contributed by atoms with E-state index in [1.54, 1.807) is 29.6 Å². The summed E-state index contributed by atoms with van der Waals surface area (Å²) in [5, 5.41) is 19.2. The molecule has 0 aliphatic heterocycles. The zero-order valence-electron chi connectivity index (χ0n) is 10.7. The summed E-state index contributed by atoms with van der Waals surface area (Å²) in [5.41, 5.74) is 1.26. The monoisotopic (exact) mass is 306 g/mol. The van der Waals surface area contributed by atoms with Gasteiger partial charge in [0.15, 0.2) is 5.78 Å². The molecule has 1 heterocycles. The van der Waals surface area contributed by atoms with Gasteiger partial charge >= 0.3 is 5.97 Å². The first-order valence-corrected chi connectivity index (χ1v) is 6.84. The highest BCUT2D eigenvalue weighted by Gasteiger charge is 2.12. The quantitative estimate of drug-likeness (QED) is 0.505. The lowest BCUT2D eigenvalue weighted by Gasteiger charge is -2.00. The van der Waals surface area contributed by atoms with Gasteiger partial charge < -0.3 is 10.2 Å². The Morgan fingerprint density at radius 1 is 1.24 bits per heavy atom. The molecule has 6 heteroatoms. The van der Waals surface area contributed by atoms with E-state index in [-0.39, 0.29) is 10.7 Å². The number of thiophene rings is 1. The maximum atomic E-state index is 13.5. The Bertz CT molecular complexity index is 718. The van der Waals surface area contributed by atoms with Crippen LogP contribution >= 0.6 is 11.3 Å². The summed E-state index contributed by atoms with van der Waals surface area (Å²) in [7, 11) is 0. The van der Waals surface area contributed by atoms with Crippen LogP contribution in [0.25, 0.3) is 0 Å². The van der Waals surface area contributed by atoms with E-state index in [0.717, 1.165) is 16.9 Å². The third-order valence-corrected chi connectivity index (χ3v) is 3.73. The maximum Gasteiger partial charge on any atom is 0.371 e. The van der Waals surface area contributed by atoms with Gasteiger partial charge in [-0.25, -0.2) is 9.18 Å². The van der Waals surface area contributed by atoms with Crippen molar-refractivity contribution in [3.8, 4) is 0 Å². The zero-order chi connectivity index (χ0) is 15.4. The molecule has 1 aromatic carbocycles. The Hall–Kier alpha value is -2.47. The fourth-order valence-corrected chi connectivity index (χ4v) is 2.54. The van der Waals surface area contributed by atoms with Gasteiger partial charge in [0.1, 0.15) is 5.82 Å². The van der Waals surface area contributed by atoms with Gasteiger partial charge in [0, 0.05) is 12.5 Å². The van der Waals surface area contributed by atoms with Crippen LogP contribution in [0.2, 0.25) is 0 Å². The number of aliphatic hydroxyl groups is 1. The van der Waals surface area contributed by atoms with Crippen molar-refractivity contribution in [3.63, 3.8) is 0 Å². The minimum Gasteiger partial charge on any atom is -0.502 e. The summed E-state index contributed by atoms with van der Waals surface area (Å²) in [6.45, 7) is 0. The van der Waals surface area contributed by atoms with Crippen LogP contribution in [-0.2, 0) is 11.2 Å². The fraction of sp³-hybridized carbons (Fsp3) is 0.0667. The largest absolute Gasteiger partial charge is 0.502 e. The molecule has 0 fully saturated rings. The molecule has 0 amide bonds. The van der Waals surface area contributed by atoms with Crippen molar-refractivity contribution in [3.05, 3.63) is 69.4 Å². The number of benzene rings is 1. The molecular formula is C15H11FO4S. The summed E-state index contributed by atoms with van der Waals surface area (Å²) < 4.78 is 13.5. The van der Waals surface area contributed by atoms with Crippen molar-refractivity contribution in [1.29, 1.82) is 0 Å². The molecule has 0 bridgehead atoms. The number of ketones is 1. The van der Waals surface area contributed by atoms with Gasteiger partial charge in [-0.15, -0.1) is 11.3 Å². The summed E-state index contributed by atoms with van der Waals surface area (Å²) >= 11 is 1.12. The van der Waals surface area contributed by atoms with Crippen molar-refractivity contribution >= 4 is 23.1 Å². The average Bonchev–Trinajstić information content (AvgIpc) is 2.90. The number of carboxylic acid groups (broad SMARTS) is 1. The predicted molar refractivity (Wildman–Crippen MR) is 76.2 cm³/mol. The van der Waals surface area contributed by atoms with Gasteiger partial charge in [-0.2, -0.15) is 0 Å². The van der Waals surface area contributed by atoms with Gasteiger partial charge in [0.2, 0.25) is 5.76 Å². The predicted octanol–water partition coefficient (Wildman–Crippen LogP) is 3.19. The first-order chi connectivity index (χ1) is 9.97. The van der Waals surface area contributed by atoms with Crippen LogP contribution in [-0.4, -0.2) is 22.0 Å². The van der Waals surface area contributed by atoms with Crippen LogP contribution in [0.4, 0.5) is 4.39 Å². The van der Waals surface area contributed by atoms with Gasteiger partial charge in [-0.05, 0) is 28.6 Å². The molecule has 0 atom stereocenters. The van der Waals surface area contributed by atoms with Gasteiger partial charge in [0.25, 0.3) is 0 Å². The number of aliphatic hydroxyl groups excluding tert-OH is 1. The second-order valence-corrected chi connectivity index (χ2v) is 5.20. The number of allylic oxidation sites excluding steroid dienone is 1. The lowest BCUT2D eigenvalue weighted by molar-refractivity contribution is -0.135. The molecule has 0 radical (unpaired) electrons. The molecule has 2 rings (SSSR count). The molecule has 0 aliphatic carbocycles. The Morgan fingerprint density at radius 2 is 1.95 bits per heavy atom. The Morgan fingerprint density at radius 3 is 2.62 bits per heavy atom. The number of carbonyl (C=O) groups is 2. The number of hydrogen-bond donors (Lipinski definition) is 2. The summed E-state index contributed by atoms with van der Waals surface area (Å²) in [5.74, 6) is -3.49. The molecule has 0 spiro atoms. The molecular weight excluding hydrogens is 295 g/mol. The van der Waals surface area contributed by atoms with Crippen molar-refractivity contribution < 1.29 is 24.2 Å². The van der Waals surface area contributed by atoms with E-state index in [4.69, 9.17) is 10.2 Å². The standard InChI is InChI=1S/C15H11FO4S/c16-11-4-2-1-3-10(11)5-9-6-14(21-8-9)12(17)7-13(18)15(19)20/h1-4,6-8,18H,5H2,(H,19,20). The first-order valence-electron chi connectivity index (χ1n) is 5.96. The van der Waals surface area contributed by atoms with E-state index in [1.165, 1.54) is 6.07 Å². The highest BCUT2D eigenvalue weighted by Crippen LogP contribution is 2.20. The highest BCUT2D eigenvalue weighted by atomic mass is 32.1. The SMILES string of the molecule is O=C(O)C(O)=CC(=O)c1cc(Cc2ccccc2F)cs1. The maximum absolute atomic E-state index is 13.5. The number of hydrogen-bond acceptors (Lipinski definition) is 4. The van der Waals surface area contributed by atoms with E-state index >= 15 is 0 Å². The van der Waals surface area contributed by atoms with Crippen LogP contribution < -0.4 is 0 Å². The van der Waals surface area contributed by atoms with E-state index < -0.39 is 17.5 Å². The van der Waals surface area contributed by atoms with E-state index in [2.05, 4.69) is 0 Å². The summed E-state index contributed by atoms with van der Waals surface area (Å²) in [6.07, 6.45) is 0.992. The Balaban J connectivity index is 2.15. The highest BCUT2D eigenvalue weighted by molar-refractivity contribution is 7.12. The van der Waals surface area contributed by atoms with Crippen molar-refractivity contribution in [2.75, 3.05) is 0 Å².